The van der Waals surface area contributed by atoms with Crippen LogP contribution >= 0.6 is 12.6 Å². The van der Waals surface area contributed by atoms with E-state index in [0.29, 0.717) is 25.1 Å². The molecule has 0 radical (unpaired) electrons. The molecule has 132 valence electrons. The summed E-state index contributed by atoms with van der Waals surface area (Å²) < 4.78 is 0. The molecule has 2 atom stereocenters. The van der Waals surface area contributed by atoms with Crippen molar-refractivity contribution in [2.45, 2.75) is 25.3 Å². The molecular formula is C16H24N4O3S. The van der Waals surface area contributed by atoms with Crippen LogP contribution in [0.3, 0.4) is 0 Å². The second kappa shape index (κ2) is 10.5. The van der Waals surface area contributed by atoms with E-state index in [0.717, 1.165) is 5.56 Å². The highest BCUT2D eigenvalue weighted by atomic mass is 32.1. The van der Waals surface area contributed by atoms with Gasteiger partial charge in [-0.05, 0) is 24.8 Å². The molecule has 7 nitrogen and oxygen atoms in total. The minimum atomic E-state index is -1.08. The molecule has 1 amide bonds. The molecule has 0 saturated heterocycles. The molecule has 0 bridgehead atoms. The number of hydrogen-bond acceptors (Lipinski definition) is 4. The zero-order valence-electron chi connectivity index (χ0n) is 13.4. The molecule has 1 unspecified atom stereocenters. The monoisotopic (exact) mass is 352 g/mol. The zero-order valence-corrected chi connectivity index (χ0v) is 14.3. The van der Waals surface area contributed by atoms with Gasteiger partial charge in [-0.15, -0.1) is 0 Å². The Labute approximate surface area is 146 Å². The average molecular weight is 352 g/mol. The first-order valence-electron chi connectivity index (χ1n) is 7.70. The first-order valence-corrected chi connectivity index (χ1v) is 8.33. The summed E-state index contributed by atoms with van der Waals surface area (Å²) in [6, 6.07) is 8.56. The van der Waals surface area contributed by atoms with Crippen LogP contribution < -0.4 is 16.4 Å². The zero-order chi connectivity index (χ0) is 17.9. The summed E-state index contributed by atoms with van der Waals surface area (Å²) in [6.07, 6.45) is 1.24. The molecule has 0 aliphatic carbocycles. The van der Waals surface area contributed by atoms with Crippen LogP contribution in [0.15, 0.2) is 30.3 Å². The highest BCUT2D eigenvalue weighted by molar-refractivity contribution is 7.80. The van der Waals surface area contributed by atoms with E-state index in [2.05, 4.69) is 23.3 Å². The predicted molar refractivity (Wildman–Crippen MR) is 96.2 cm³/mol. The van der Waals surface area contributed by atoms with Crippen molar-refractivity contribution in [2.75, 3.05) is 12.3 Å². The summed E-state index contributed by atoms with van der Waals surface area (Å²) in [5.41, 5.74) is 6.16. The minimum Gasteiger partial charge on any atom is -0.480 e. The van der Waals surface area contributed by atoms with E-state index in [9.17, 15) is 14.7 Å². The van der Waals surface area contributed by atoms with Crippen molar-refractivity contribution in [3.63, 3.8) is 0 Å². The van der Waals surface area contributed by atoms with Crippen molar-refractivity contribution in [2.24, 2.45) is 11.7 Å². The number of hydrogen-bond donors (Lipinski definition) is 6. The molecule has 0 heterocycles. The number of carbonyl (C=O) groups excluding carboxylic acids is 1. The normalized spacial score (nSPS) is 12.9. The van der Waals surface area contributed by atoms with Crippen LogP contribution in [0.1, 0.15) is 18.4 Å². The van der Waals surface area contributed by atoms with Gasteiger partial charge in [-0.25, -0.2) is 4.79 Å². The van der Waals surface area contributed by atoms with E-state index >= 15 is 0 Å². The fourth-order valence-electron chi connectivity index (χ4n) is 2.21. The topological polar surface area (TPSA) is 128 Å². The lowest BCUT2D eigenvalue weighted by molar-refractivity contribution is -0.142. The Morgan fingerprint density at radius 2 is 1.96 bits per heavy atom. The Morgan fingerprint density at radius 3 is 2.50 bits per heavy atom. The predicted octanol–water partition coefficient (Wildman–Crippen LogP) is 0.608. The molecule has 6 N–H and O–H groups in total. The third kappa shape index (κ3) is 7.36. The average Bonchev–Trinajstić information content (AvgIpc) is 2.55. The fourth-order valence-corrected chi connectivity index (χ4v) is 2.51. The van der Waals surface area contributed by atoms with Crippen LogP contribution in [0.25, 0.3) is 0 Å². The number of carboxylic acids is 1. The summed E-state index contributed by atoms with van der Waals surface area (Å²) >= 11 is 4.21. The van der Waals surface area contributed by atoms with Crippen LogP contribution in [0.2, 0.25) is 0 Å². The summed E-state index contributed by atoms with van der Waals surface area (Å²) in [7, 11) is 0. The Bertz CT molecular complexity index is 554. The molecule has 0 aliphatic rings. The van der Waals surface area contributed by atoms with Gasteiger partial charge in [0.25, 0.3) is 0 Å². The molecule has 0 spiro atoms. The number of thiol groups is 1. The molecular weight excluding hydrogens is 328 g/mol. The van der Waals surface area contributed by atoms with Crippen LogP contribution in [0.5, 0.6) is 0 Å². The number of guanidine groups is 1. The Morgan fingerprint density at radius 1 is 1.29 bits per heavy atom. The van der Waals surface area contributed by atoms with Crippen molar-refractivity contribution in [1.82, 2.24) is 10.6 Å². The number of nitrogens with two attached hydrogens (primary N) is 1. The Balaban J connectivity index is 2.55. The second-order valence-electron chi connectivity index (χ2n) is 5.45. The van der Waals surface area contributed by atoms with E-state index in [-0.39, 0.29) is 18.3 Å². The number of carboxylic acid groups (broad SMARTS) is 1. The van der Waals surface area contributed by atoms with Crippen molar-refractivity contribution in [3.05, 3.63) is 35.9 Å². The largest absolute Gasteiger partial charge is 0.480 e. The maximum Gasteiger partial charge on any atom is 0.326 e. The van der Waals surface area contributed by atoms with E-state index in [4.69, 9.17) is 11.1 Å². The maximum absolute atomic E-state index is 12.3. The summed E-state index contributed by atoms with van der Waals surface area (Å²) in [5, 5.41) is 21.5. The van der Waals surface area contributed by atoms with Crippen molar-refractivity contribution < 1.29 is 14.7 Å². The third-order valence-corrected chi connectivity index (χ3v) is 3.96. The molecule has 0 fully saturated rings. The maximum atomic E-state index is 12.3. The smallest absolute Gasteiger partial charge is 0.326 e. The molecule has 1 aromatic rings. The first-order chi connectivity index (χ1) is 11.4. The van der Waals surface area contributed by atoms with Crippen LogP contribution in [0.4, 0.5) is 0 Å². The SMILES string of the molecule is N=C(N)NCCC[C@H](NC(=O)C(CS)Cc1ccccc1)C(=O)O. The lowest BCUT2D eigenvalue weighted by Gasteiger charge is -2.19. The van der Waals surface area contributed by atoms with Gasteiger partial charge >= 0.3 is 5.97 Å². The minimum absolute atomic E-state index is 0.163. The van der Waals surface area contributed by atoms with Gasteiger partial charge in [0.2, 0.25) is 5.91 Å². The van der Waals surface area contributed by atoms with Gasteiger partial charge in [-0.2, -0.15) is 12.6 Å². The highest BCUT2D eigenvalue weighted by Crippen LogP contribution is 2.11. The standard InChI is InChI=1S/C16H24N4O3S/c17-16(18)19-8-4-7-13(15(22)23)20-14(21)12(10-24)9-11-5-2-1-3-6-11/h1-3,5-6,12-13,24H,4,7-10H2,(H,20,21)(H,22,23)(H4,17,18,19)/t12?,13-/m0/s1. The molecule has 24 heavy (non-hydrogen) atoms. The summed E-state index contributed by atoms with van der Waals surface area (Å²) in [6.45, 7) is 0.384. The van der Waals surface area contributed by atoms with Crippen LogP contribution in [-0.2, 0) is 16.0 Å². The molecule has 0 aliphatic heterocycles. The number of rotatable bonds is 10. The quantitative estimate of drug-likeness (QED) is 0.159. The fraction of sp³-hybridized carbons (Fsp3) is 0.438. The molecule has 1 aromatic carbocycles. The number of amides is 1. The number of aliphatic carboxylic acids is 1. The van der Waals surface area contributed by atoms with Gasteiger partial charge in [0.1, 0.15) is 6.04 Å². The van der Waals surface area contributed by atoms with Gasteiger partial charge in [0.05, 0.1) is 5.92 Å². The molecule has 0 saturated carbocycles. The molecule has 8 heteroatoms. The van der Waals surface area contributed by atoms with E-state index in [1.165, 1.54) is 0 Å². The van der Waals surface area contributed by atoms with Crippen LogP contribution in [0, 0.1) is 11.3 Å². The van der Waals surface area contributed by atoms with Gasteiger partial charge in [-0.3, -0.25) is 10.2 Å². The van der Waals surface area contributed by atoms with E-state index in [1.807, 2.05) is 30.3 Å². The molecule has 1 rings (SSSR count). The first kappa shape index (κ1) is 19.8. The van der Waals surface area contributed by atoms with Crippen molar-refractivity contribution >= 4 is 30.5 Å². The van der Waals surface area contributed by atoms with Gasteiger partial charge in [0, 0.05) is 12.3 Å². The van der Waals surface area contributed by atoms with E-state index < -0.39 is 17.9 Å². The lowest BCUT2D eigenvalue weighted by Crippen LogP contribution is -2.45. The third-order valence-electron chi connectivity index (χ3n) is 3.52. The second-order valence-corrected chi connectivity index (χ2v) is 5.82. The Hall–Kier alpha value is -2.22. The van der Waals surface area contributed by atoms with Crippen LogP contribution in [-0.4, -0.2) is 41.3 Å². The summed E-state index contributed by atoms with van der Waals surface area (Å²) in [5.74, 6) is -1.62. The highest BCUT2D eigenvalue weighted by Gasteiger charge is 2.24. The molecule has 0 aromatic heterocycles. The number of carbonyl (C=O) groups is 2. The van der Waals surface area contributed by atoms with Gasteiger partial charge in [0.15, 0.2) is 5.96 Å². The van der Waals surface area contributed by atoms with Gasteiger partial charge in [-0.1, -0.05) is 30.3 Å². The number of nitrogens with one attached hydrogen (secondary N) is 3. The van der Waals surface area contributed by atoms with E-state index in [1.54, 1.807) is 0 Å². The summed E-state index contributed by atoms with van der Waals surface area (Å²) in [4.78, 5) is 23.7. The van der Waals surface area contributed by atoms with Crippen molar-refractivity contribution in [1.29, 1.82) is 5.41 Å². The number of benzene rings is 1. The lowest BCUT2D eigenvalue weighted by atomic mass is 9.99. The Kier molecular flexibility index (Phi) is 8.70. The van der Waals surface area contributed by atoms with Crippen molar-refractivity contribution in [3.8, 4) is 0 Å². The van der Waals surface area contributed by atoms with Gasteiger partial charge < -0.3 is 21.5 Å².